The molecule has 1 spiro atoms. The summed E-state index contributed by atoms with van der Waals surface area (Å²) in [5, 5.41) is 0. The monoisotopic (exact) mass is 859 g/mol. The van der Waals surface area contributed by atoms with Crippen LogP contribution in [0.1, 0.15) is 47.2 Å². The van der Waals surface area contributed by atoms with Crippen molar-refractivity contribution < 1.29 is 0 Å². The molecule has 0 bridgehead atoms. The van der Waals surface area contributed by atoms with Gasteiger partial charge in [-0.2, -0.15) is 0 Å². The summed E-state index contributed by atoms with van der Waals surface area (Å²) in [7, 11) is 0. The third kappa shape index (κ3) is 5.68. The second kappa shape index (κ2) is 15.0. The highest BCUT2D eigenvalue weighted by molar-refractivity contribution is 7.99. The molecule has 0 radical (unpaired) electrons. The lowest BCUT2D eigenvalue weighted by molar-refractivity contribution is 0.660. The van der Waals surface area contributed by atoms with E-state index in [1.807, 2.05) is 11.8 Å². The van der Waals surface area contributed by atoms with E-state index in [4.69, 9.17) is 0 Å². The van der Waals surface area contributed by atoms with Gasteiger partial charge in [0.25, 0.3) is 0 Å². The third-order valence-corrected chi connectivity index (χ3v) is 15.7. The zero-order chi connectivity index (χ0) is 44.0. The Morgan fingerprint density at radius 1 is 0.303 bits per heavy atom. The summed E-state index contributed by atoms with van der Waals surface area (Å²) in [6, 6.07) is 88.5. The van der Waals surface area contributed by atoms with Crippen LogP contribution in [-0.4, -0.2) is 0 Å². The molecule has 0 atom stereocenters. The molecule has 0 unspecified atom stereocenters. The molecule has 0 fully saturated rings. The number of hydrogen-bond donors (Lipinski definition) is 0. The van der Waals surface area contributed by atoms with Crippen molar-refractivity contribution >= 4 is 28.8 Å². The van der Waals surface area contributed by atoms with E-state index in [-0.39, 0.29) is 5.41 Å². The highest BCUT2D eigenvalue weighted by Crippen LogP contribution is 2.61. The van der Waals surface area contributed by atoms with E-state index in [0.29, 0.717) is 0 Å². The zero-order valence-corrected chi connectivity index (χ0v) is 37.7. The summed E-state index contributed by atoms with van der Waals surface area (Å²) in [4.78, 5) is 5.05. The van der Waals surface area contributed by atoms with Crippen molar-refractivity contribution in [3.8, 4) is 55.6 Å². The van der Waals surface area contributed by atoms with E-state index < -0.39 is 5.41 Å². The smallest absolute Gasteiger partial charge is 0.0735 e. The summed E-state index contributed by atoms with van der Waals surface area (Å²) >= 11 is 1.89. The third-order valence-electron chi connectivity index (χ3n) is 14.6. The Labute approximate surface area is 391 Å². The number of hydrogen-bond acceptors (Lipinski definition) is 2. The Bertz CT molecular complexity index is 3480. The normalized spacial score (nSPS) is 14.1. The Hall–Kier alpha value is -7.65. The van der Waals surface area contributed by atoms with Crippen molar-refractivity contribution in [3.05, 3.63) is 270 Å². The van der Waals surface area contributed by atoms with Gasteiger partial charge in [-0.3, -0.25) is 0 Å². The van der Waals surface area contributed by atoms with Crippen LogP contribution in [0.4, 0.5) is 17.1 Å². The molecule has 13 rings (SSSR count). The van der Waals surface area contributed by atoms with Gasteiger partial charge in [-0.25, -0.2) is 0 Å². The predicted molar refractivity (Wildman–Crippen MR) is 276 cm³/mol. The molecule has 10 aromatic carbocycles. The minimum atomic E-state index is -0.595. The van der Waals surface area contributed by atoms with E-state index in [0.717, 1.165) is 17.1 Å². The Morgan fingerprint density at radius 3 is 1.45 bits per heavy atom. The van der Waals surface area contributed by atoms with E-state index in [9.17, 15) is 0 Å². The molecule has 10 aromatic rings. The van der Waals surface area contributed by atoms with Gasteiger partial charge in [0.15, 0.2) is 0 Å². The van der Waals surface area contributed by atoms with Gasteiger partial charge in [0.1, 0.15) is 0 Å². The topological polar surface area (TPSA) is 3.24 Å². The second-order valence-electron chi connectivity index (χ2n) is 18.4. The van der Waals surface area contributed by atoms with Crippen molar-refractivity contribution in [2.45, 2.75) is 34.5 Å². The van der Waals surface area contributed by atoms with Crippen molar-refractivity contribution in [2.75, 3.05) is 4.90 Å². The lowest BCUT2D eigenvalue weighted by Gasteiger charge is -2.43. The van der Waals surface area contributed by atoms with Gasteiger partial charge in [0.05, 0.1) is 11.1 Å². The number of benzene rings is 10. The zero-order valence-electron chi connectivity index (χ0n) is 36.9. The van der Waals surface area contributed by atoms with Crippen LogP contribution in [0.3, 0.4) is 0 Å². The van der Waals surface area contributed by atoms with Crippen molar-refractivity contribution in [1.82, 2.24) is 0 Å². The van der Waals surface area contributed by atoms with Crippen LogP contribution in [0.2, 0.25) is 0 Å². The molecule has 1 nitrogen and oxygen atoms in total. The molecular weight excluding hydrogens is 815 g/mol. The van der Waals surface area contributed by atoms with Crippen LogP contribution < -0.4 is 4.90 Å². The maximum Gasteiger partial charge on any atom is 0.0735 e. The fourth-order valence-corrected chi connectivity index (χ4v) is 12.8. The van der Waals surface area contributed by atoms with Crippen molar-refractivity contribution in [1.29, 1.82) is 0 Å². The van der Waals surface area contributed by atoms with E-state index in [2.05, 4.69) is 255 Å². The first-order valence-corrected chi connectivity index (χ1v) is 23.8. The van der Waals surface area contributed by atoms with Gasteiger partial charge < -0.3 is 4.90 Å². The molecule has 3 aliphatic rings. The molecule has 0 saturated heterocycles. The number of rotatable bonds is 5. The molecule has 66 heavy (non-hydrogen) atoms. The van der Waals surface area contributed by atoms with E-state index >= 15 is 0 Å². The van der Waals surface area contributed by atoms with Gasteiger partial charge in [-0.15, -0.1) is 0 Å². The number of anilines is 3. The van der Waals surface area contributed by atoms with Gasteiger partial charge in [-0.1, -0.05) is 214 Å². The van der Waals surface area contributed by atoms with Crippen LogP contribution in [0.5, 0.6) is 0 Å². The lowest BCUT2D eigenvalue weighted by Crippen LogP contribution is -2.34. The number of para-hydroxylation sites is 1. The van der Waals surface area contributed by atoms with Gasteiger partial charge in [-0.05, 0) is 132 Å². The average Bonchev–Trinajstić information content (AvgIpc) is 3.54. The van der Waals surface area contributed by atoms with Crippen LogP contribution in [0, 0.1) is 0 Å². The molecule has 2 aliphatic carbocycles. The Balaban J connectivity index is 1.05. The SMILES string of the molecule is CC1(C)c2ccccc2-c2ccc(N(c3ccc(-c4ccccc4)cc3)c3ccccc3-c3ccc4c(c3)C3(c5ccccc5S4)c4ccccc4-c4ccccc4-c4ccccc43)cc21. The molecule has 312 valence electrons. The Morgan fingerprint density at radius 2 is 0.773 bits per heavy atom. The van der Waals surface area contributed by atoms with E-state index in [1.54, 1.807) is 0 Å². The Kier molecular flexibility index (Phi) is 8.79. The first-order chi connectivity index (χ1) is 32.5. The van der Waals surface area contributed by atoms with Gasteiger partial charge in [0, 0.05) is 32.1 Å². The molecule has 0 N–H and O–H groups in total. The van der Waals surface area contributed by atoms with E-state index in [1.165, 1.54) is 98.8 Å². The summed E-state index contributed by atoms with van der Waals surface area (Å²) in [6.07, 6.45) is 0. The van der Waals surface area contributed by atoms with Gasteiger partial charge >= 0.3 is 0 Å². The minimum absolute atomic E-state index is 0.143. The number of nitrogens with zero attached hydrogens (tertiary/aromatic N) is 1. The fourth-order valence-electron chi connectivity index (χ4n) is 11.6. The highest BCUT2D eigenvalue weighted by atomic mass is 32.2. The van der Waals surface area contributed by atoms with Crippen LogP contribution >= 0.6 is 11.8 Å². The largest absolute Gasteiger partial charge is 0.310 e. The van der Waals surface area contributed by atoms with Crippen LogP contribution in [0.25, 0.3) is 55.6 Å². The van der Waals surface area contributed by atoms with Crippen LogP contribution in [0.15, 0.2) is 246 Å². The van der Waals surface area contributed by atoms with Crippen molar-refractivity contribution in [3.63, 3.8) is 0 Å². The molecule has 1 aliphatic heterocycles. The molecule has 0 saturated carbocycles. The first-order valence-electron chi connectivity index (χ1n) is 23.0. The standard InChI is InChI=1S/C64H45NS/c1-63(2)54-26-12-8-25-52(54)53-38-37-46(41-58(53)63)65(45-35-32-43(33-36-45)42-18-4-3-5-19-42)60-30-16-11-20-47(60)44-34-39-62-59(40-44)64(57-29-15-17-31-61(57)66-62)55-27-13-9-23-50(55)48-21-6-7-22-49(48)51-24-10-14-28-56(51)64/h3-41H,1-2H3. The number of fused-ring (bicyclic) bond motifs is 14. The van der Waals surface area contributed by atoms with Crippen molar-refractivity contribution in [2.24, 2.45) is 0 Å². The predicted octanol–water partition coefficient (Wildman–Crippen LogP) is 17.3. The summed E-state index contributed by atoms with van der Waals surface area (Å²) in [5.41, 5.74) is 23.1. The van der Waals surface area contributed by atoms with Gasteiger partial charge in [0.2, 0.25) is 0 Å². The minimum Gasteiger partial charge on any atom is -0.310 e. The summed E-state index contributed by atoms with van der Waals surface area (Å²) < 4.78 is 0. The molecule has 1 heterocycles. The molecule has 0 aromatic heterocycles. The molecule has 0 amide bonds. The molecule has 2 heteroatoms. The van der Waals surface area contributed by atoms with Crippen LogP contribution in [-0.2, 0) is 10.8 Å². The first kappa shape index (κ1) is 38.8. The maximum absolute atomic E-state index is 2.53. The average molecular weight is 860 g/mol. The summed E-state index contributed by atoms with van der Waals surface area (Å²) in [5.74, 6) is 0. The quantitative estimate of drug-likeness (QED) is 0.170. The fraction of sp³-hybridized carbons (Fsp3) is 0.0625. The lowest BCUT2D eigenvalue weighted by atomic mass is 9.63. The highest BCUT2D eigenvalue weighted by Gasteiger charge is 2.48. The second-order valence-corrected chi connectivity index (χ2v) is 19.4. The maximum atomic E-state index is 2.53. The summed E-state index contributed by atoms with van der Waals surface area (Å²) in [6.45, 7) is 4.74. The molecular formula is C64H45NS.